The van der Waals surface area contributed by atoms with Gasteiger partial charge in [0.2, 0.25) is 0 Å². The Balaban J connectivity index is 1.69. The van der Waals surface area contributed by atoms with Crippen molar-refractivity contribution in [2.45, 2.75) is 96.8 Å². The molecule has 0 radical (unpaired) electrons. The van der Waals surface area contributed by atoms with Crippen LogP contribution in [0.3, 0.4) is 0 Å². The van der Waals surface area contributed by atoms with Crippen molar-refractivity contribution < 1.29 is 0 Å². The monoisotopic (exact) mass is 308 g/mol. The van der Waals surface area contributed by atoms with Gasteiger partial charge in [-0.25, -0.2) is 0 Å². The highest BCUT2D eigenvalue weighted by Gasteiger charge is 2.06. The quantitative estimate of drug-likeness (QED) is 0.335. The molecule has 130 valence electrons. The molecular weight excluding hydrogens is 268 g/mol. The van der Waals surface area contributed by atoms with Crippen molar-refractivity contribution in [3.63, 3.8) is 0 Å². The Morgan fingerprint density at radius 3 is 1.50 bits per heavy atom. The van der Waals surface area contributed by atoms with Crippen LogP contribution in [0.15, 0.2) is 12.4 Å². The van der Waals surface area contributed by atoms with Gasteiger partial charge in [-0.3, -0.25) is 0 Å². The third-order valence-corrected chi connectivity index (χ3v) is 4.74. The molecule has 0 aromatic rings. The van der Waals surface area contributed by atoms with Gasteiger partial charge in [-0.15, -0.1) is 0 Å². The fourth-order valence-electron chi connectivity index (χ4n) is 3.24. The predicted molar refractivity (Wildman–Crippen MR) is 98.8 cm³/mol. The lowest BCUT2D eigenvalue weighted by Gasteiger charge is -2.17. The minimum atomic E-state index is 1.08. The second-order valence-corrected chi connectivity index (χ2v) is 7.11. The molecule has 1 rings (SSSR count). The summed E-state index contributed by atoms with van der Waals surface area (Å²) in [5.74, 6) is 0. The smallest absolute Gasteiger partial charge is 0.0890 e. The molecule has 0 atom stereocenters. The van der Waals surface area contributed by atoms with Gasteiger partial charge >= 0.3 is 0 Å². The Labute approximate surface area is 139 Å². The zero-order chi connectivity index (χ0) is 15.9. The van der Waals surface area contributed by atoms with E-state index in [1.807, 2.05) is 0 Å². The zero-order valence-electron chi connectivity index (χ0n) is 15.4. The van der Waals surface area contributed by atoms with E-state index >= 15 is 0 Å². The van der Waals surface area contributed by atoms with E-state index in [0.717, 1.165) is 6.67 Å². The van der Waals surface area contributed by atoms with E-state index in [4.69, 9.17) is 0 Å². The van der Waals surface area contributed by atoms with Crippen molar-refractivity contribution >= 4 is 0 Å². The summed E-state index contributed by atoms with van der Waals surface area (Å²) < 4.78 is 0. The van der Waals surface area contributed by atoms with Gasteiger partial charge in [-0.05, 0) is 6.42 Å². The van der Waals surface area contributed by atoms with Gasteiger partial charge in [-0.2, -0.15) is 0 Å². The molecule has 0 aliphatic carbocycles. The van der Waals surface area contributed by atoms with E-state index in [0.29, 0.717) is 0 Å². The van der Waals surface area contributed by atoms with Crippen molar-refractivity contribution in [3.8, 4) is 0 Å². The van der Waals surface area contributed by atoms with E-state index in [1.165, 1.54) is 96.4 Å². The number of hydrogen-bond donors (Lipinski definition) is 0. The molecule has 0 N–H and O–H groups in total. The summed E-state index contributed by atoms with van der Waals surface area (Å²) in [4.78, 5) is 4.66. The maximum absolute atomic E-state index is 2.42. The van der Waals surface area contributed by atoms with Gasteiger partial charge in [0, 0.05) is 26.0 Å². The molecule has 1 aliphatic rings. The van der Waals surface area contributed by atoms with Crippen molar-refractivity contribution in [2.75, 3.05) is 20.3 Å². The lowest BCUT2D eigenvalue weighted by atomic mass is 10.0. The second kappa shape index (κ2) is 14.0. The first kappa shape index (κ1) is 19.4. The van der Waals surface area contributed by atoms with Crippen LogP contribution in [-0.2, 0) is 0 Å². The molecule has 2 nitrogen and oxygen atoms in total. The molecule has 0 fully saturated rings. The third-order valence-electron chi connectivity index (χ3n) is 4.74. The van der Waals surface area contributed by atoms with Crippen molar-refractivity contribution in [3.05, 3.63) is 12.4 Å². The van der Waals surface area contributed by atoms with Crippen LogP contribution in [0.4, 0.5) is 0 Å². The molecule has 22 heavy (non-hydrogen) atoms. The minimum absolute atomic E-state index is 1.08. The van der Waals surface area contributed by atoms with Crippen LogP contribution >= 0.6 is 0 Å². The first-order chi connectivity index (χ1) is 10.8. The van der Waals surface area contributed by atoms with E-state index in [9.17, 15) is 0 Å². The zero-order valence-corrected chi connectivity index (χ0v) is 15.4. The maximum Gasteiger partial charge on any atom is 0.0890 e. The molecule has 1 aliphatic heterocycles. The van der Waals surface area contributed by atoms with Crippen LogP contribution in [0.25, 0.3) is 0 Å². The second-order valence-electron chi connectivity index (χ2n) is 7.11. The van der Waals surface area contributed by atoms with E-state index in [1.54, 1.807) is 0 Å². The third kappa shape index (κ3) is 11.0. The van der Waals surface area contributed by atoms with Crippen molar-refractivity contribution in [1.29, 1.82) is 0 Å². The molecule has 1 heterocycles. The highest BCUT2D eigenvalue weighted by Crippen LogP contribution is 2.13. The predicted octanol–water partition coefficient (Wildman–Crippen LogP) is 6.14. The van der Waals surface area contributed by atoms with Crippen LogP contribution in [0.1, 0.15) is 96.8 Å². The molecule has 0 saturated heterocycles. The standard InChI is InChI=1S/C20H40N2/c1-3-4-5-6-7-8-9-10-11-12-13-14-15-16-17-22-19-18-21(2)20-22/h18-19H,3-17,20H2,1-2H3. The van der Waals surface area contributed by atoms with E-state index < -0.39 is 0 Å². The summed E-state index contributed by atoms with van der Waals surface area (Å²) in [7, 11) is 2.14. The van der Waals surface area contributed by atoms with E-state index in [-0.39, 0.29) is 0 Å². The Hall–Kier alpha value is -0.660. The van der Waals surface area contributed by atoms with Crippen molar-refractivity contribution in [1.82, 2.24) is 9.80 Å². The molecule has 0 aromatic carbocycles. The Morgan fingerprint density at radius 2 is 1.09 bits per heavy atom. The van der Waals surface area contributed by atoms with Gasteiger partial charge in [0.05, 0.1) is 6.67 Å². The summed E-state index contributed by atoms with van der Waals surface area (Å²) in [5.41, 5.74) is 0. The molecule has 2 heteroatoms. The number of unbranched alkanes of at least 4 members (excludes halogenated alkanes) is 13. The average Bonchev–Trinajstić information content (AvgIpc) is 2.93. The SMILES string of the molecule is CCCCCCCCCCCCCCCCN1C=CN(C)C1. The Morgan fingerprint density at radius 1 is 0.636 bits per heavy atom. The first-order valence-electron chi connectivity index (χ1n) is 9.95. The van der Waals surface area contributed by atoms with Gasteiger partial charge in [0.15, 0.2) is 0 Å². The minimum Gasteiger partial charge on any atom is -0.362 e. The van der Waals surface area contributed by atoms with Crippen LogP contribution < -0.4 is 0 Å². The topological polar surface area (TPSA) is 6.48 Å². The largest absolute Gasteiger partial charge is 0.362 e. The summed E-state index contributed by atoms with van der Waals surface area (Å²) in [6, 6.07) is 0. The lowest BCUT2D eigenvalue weighted by Crippen LogP contribution is -2.23. The van der Waals surface area contributed by atoms with Crippen molar-refractivity contribution in [2.24, 2.45) is 0 Å². The van der Waals surface area contributed by atoms with Crippen LogP contribution in [0.5, 0.6) is 0 Å². The van der Waals surface area contributed by atoms with Crippen LogP contribution in [-0.4, -0.2) is 30.1 Å². The fraction of sp³-hybridized carbons (Fsp3) is 0.900. The molecule has 0 spiro atoms. The summed E-state index contributed by atoms with van der Waals surface area (Å²) >= 11 is 0. The maximum atomic E-state index is 2.42. The molecule has 0 bridgehead atoms. The number of hydrogen-bond acceptors (Lipinski definition) is 2. The van der Waals surface area contributed by atoms with Crippen LogP contribution in [0, 0.1) is 0 Å². The van der Waals surface area contributed by atoms with Gasteiger partial charge in [-0.1, -0.05) is 90.4 Å². The average molecular weight is 309 g/mol. The van der Waals surface area contributed by atoms with Crippen LogP contribution in [0.2, 0.25) is 0 Å². The lowest BCUT2D eigenvalue weighted by molar-refractivity contribution is 0.290. The summed E-state index contributed by atoms with van der Waals surface area (Å²) in [6.45, 7) is 4.61. The van der Waals surface area contributed by atoms with E-state index in [2.05, 4.69) is 36.2 Å². The van der Waals surface area contributed by atoms with Gasteiger partial charge < -0.3 is 9.80 Å². The number of rotatable bonds is 15. The van der Waals surface area contributed by atoms with Gasteiger partial charge in [0.25, 0.3) is 0 Å². The molecule has 0 amide bonds. The molecular formula is C20H40N2. The Kier molecular flexibility index (Phi) is 12.3. The first-order valence-corrected chi connectivity index (χ1v) is 9.95. The molecule has 0 saturated carbocycles. The highest BCUT2D eigenvalue weighted by atomic mass is 15.3. The molecule has 0 aromatic heterocycles. The fourth-order valence-corrected chi connectivity index (χ4v) is 3.24. The molecule has 0 unspecified atom stereocenters. The highest BCUT2D eigenvalue weighted by molar-refractivity contribution is 4.88. The normalized spacial score (nSPS) is 14.3. The Bertz CT molecular complexity index is 262. The summed E-state index contributed by atoms with van der Waals surface area (Å²) in [5, 5.41) is 0. The van der Waals surface area contributed by atoms with Gasteiger partial charge in [0.1, 0.15) is 0 Å². The summed E-state index contributed by atoms with van der Waals surface area (Å²) in [6.07, 6.45) is 24.6. The number of nitrogens with zero attached hydrogens (tertiary/aromatic N) is 2.